The van der Waals surface area contributed by atoms with Gasteiger partial charge < -0.3 is 9.84 Å². The van der Waals surface area contributed by atoms with Crippen LogP contribution >= 0.6 is 0 Å². The van der Waals surface area contributed by atoms with Gasteiger partial charge in [0.15, 0.2) is 0 Å². The highest BCUT2D eigenvalue weighted by atomic mass is 16.6. The van der Waals surface area contributed by atoms with Crippen LogP contribution in [0.3, 0.4) is 0 Å². The summed E-state index contributed by atoms with van der Waals surface area (Å²) in [5.41, 5.74) is 1.27. The molecule has 1 saturated carbocycles. The van der Waals surface area contributed by atoms with Gasteiger partial charge in [-0.25, -0.2) is 0 Å². The largest absolute Gasteiger partial charge is 0.481 e. The molecule has 3 atom stereocenters. The van der Waals surface area contributed by atoms with Crippen LogP contribution in [-0.4, -0.2) is 23.3 Å². The molecule has 1 aliphatic carbocycles. The third kappa shape index (κ3) is 7.06. The van der Waals surface area contributed by atoms with E-state index < -0.39 is 5.97 Å². The van der Waals surface area contributed by atoms with E-state index in [-0.39, 0.29) is 24.0 Å². The monoisotopic (exact) mass is 364 g/mol. The van der Waals surface area contributed by atoms with Crippen molar-refractivity contribution in [3.63, 3.8) is 0 Å². The first-order valence-electron chi connectivity index (χ1n) is 11.1. The molecular formula is C23H40O3. The Morgan fingerprint density at radius 3 is 2.23 bits per heavy atom. The van der Waals surface area contributed by atoms with Crippen molar-refractivity contribution in [1.29, 1.82) is 0 Å². The summed E-state index contributed by atoms with van der Waals surface area (Å²) in [5, 5.41) is 9.09. The second-order valence-corrected chi connectivity index (χ2v) is 8.81. The maximum absolute atomic E-state index is 11.0. The van der Waals surface area contributed by atoms with Gasteiger partial charge in [0.25, 0.3) is 0 Å². The number of epoxide rings is 1. The van der Waals surface area contributed by atoms with Gasteiger partial charge in [0.1, 0.15) is 6.10 Å². The first-order chi connectivity index (χ1) is 12.6. The van der Waals surface area contributed by atoms with Crippen molar-refractivity contribution >= 4 is 5.97 Å². The number of carboxylic acid groups (broad SMARTS) is 1. The van der Waals surface area contributed by atoms with Gasteiger partial charge in [-0.05, 0) is 31.3 Å². The molecule has 0 bridgehead atoms. The quantitative estimate of drug-likeness (QED) is 0.213. The van der Waals surface area contributed by atoms with Crippen molar-refractivity contribution in [3.8, 4) is 0 Å². The van der Waals surface area contributed by atoms with E-state index in [2.05, 4.69) is 19.9 Å². The van der Waals surface area contributed by atoms with E-state index in [1.54, 1.807) is 0 Å². The number of carboxylic acids is 1. The smallest absolute Gasteiger partial charge is 0.303 e. The Kier molecular flexibility index (Phi) is 9.18. The highest BCUT2D eigenvalue weighted by Crippen LogP contribution is 2.53. The fourth-order valence-corrected chi connectivity index (χ4v) is 4.49. The fourth-order valence-electron chi connectivity index (χ4n) is 4.49. The van der Waals surface area contributed by atoms with Gasteiger partial charge in [-0.15, -0.1) is 0 Å². The Hall–Kier alpha value is -0.830. The van der Waals surface area contributed by atoms with Crippen LogP contribution in [0, 0.1) is 5.41 Å². The number of carbonyl (C=O) groups is 1. The molecule has 0 aromatic carbocycles. The van der Waals surface area contributed by atoms with Gasteiger partial charge in [-0.3, -0.25) is 4.79 Å². The maximum Gasteiger partial charge on any atom is 0.303 e. The van der Waals surface area contributed by atoms with Crippen LogP contribution in [0.25, 0.3) is 0 Å². The van der Waals surface area contributed by atoms with E-state index in [0.717, 1.165) is 19.3 Å². The van der Waals surface area contributed by atoms with E-state index in [4.69, 9.17) is 9.84 Å². The molecular weight excluding hydrogens is 324 g/mol. The molecule has 1 saturated heterocycles. The molecule has 1 heterocycles. The van der Waals surface area contributed by atoms with Crippen LogP contribution in [0.15, 0.2) is 11.6 Å². The van der Waals surface area contributed by atoms with E-state index in [1.807, 2.05) is 0 Å². The molecule has 2 aliphatic rings. The summed E-state index contributed by atoms with van der Waals surface area (Å²) in [6.07, 6.45) is 21.4. The number of hydrogen-bond donors (Lipinski definition) is 1. The van der Waals surface area contributed by atoms with Gasteiger partial charge in [0, 0.05) is 5.41 Å². The van der Waals surface area contributed by atoms with Crippen LogP contribution in [-0.2, 0) is 9.53 Å². The Morgan fingerprint density at radius 1 is 1.08 bits per heavy atom. The minimum absolute atomic E-state index is 0.149. The van der Waals surface area contributed by atoms with Gasteiger partial charge in [0.2, 0.25) is 0 Å². The Bertz CT molecular complexity index is 456. The second kappa shape index (κ2) is 11.1. The van der Waals surface area contributed by atoms with Crippen LogP contribution in [0.2, 0.25) is 0 Å². The lowest BCUT2D eigenvalue weighted by atomic mass is 9.71. The summed E-state index contributed by atoms with van der Waals surface area (Å²) >= 11 is 0. The third-order valence-corrected chi connectivity index (χ3v) is 6.30. The molecule has 1 N–H and O–H groups in total. The first kappa shape index (κ1) is 21.5. The topological polar surface area (TPSA) is 49.8 Å². The fraction of sp³-hybridized carbons (Fsp3) is 0.870. The minimum Gasteiger partial charge on any atom is -0.481 e. The second-order valence-electron chi connectivity index (χ2n) is 8.81. The molecule has 0 spiro atoms. The number of aliphatic carboxylic acids is 1. The molecule has 0 aromatic rings. The minimum atomic E-state index is -0.699. The lowest BCUT2D eigenvalue weighted by Crippen LogP contribution is -2.32. The van der Waals surface area contributed by atoms with Crippen molar-refractivity contribution < 1.29 is 14.6 Å². The zero-order valence-corrected chi connectivity index (χ0v) is 17.1. The highest BCUT2D eigenvalue weighted by Gasteiger charge is 2.56. The molecule has 2 fully saturated rings. The third-order valence-electron chi connectivity index (χ3n) is 6.30. The Morgan fingerprint density at radius 2 is 1.65 bits per heavy atom. The molecule has 0 aromatic heterocycles. The first-order valence-corrected chi connectivity index (χ1v) is 11.1. The van der Waals surface area contributed by atoms with Crippen molar-refractivity contribution in [2.45, 2.75) is 122 Å². The lowest BCUT2D eigenvalue weighted by molar-refractivity contribution is -0.140. The van der Waals surface area contributed by atoms with Crippen molar-refractivity contribution in [2.75, 3.05) is 0 Å². The van der Waals surface area contributed by atoms with Crippen molar-refractivity contribution in [1.82, 2.24) is 0 Å². The molecule has 150 valence electrons. The number of fused-ring (bicyclic) bond motifs is 1. The summed E-state index contributed by atoms with van der Waals surface area (Å²) in [6, 6.07) is 0. The molecule has 3 heteroatoms. The highest BCUT2D eigenvalue weighted by molar-refractivity contribution is 5.68. The van der Waals surface area contributed by atoms with Crippen molar-refractivity contribution in [2.24, 2.45) is 5.41 Å². The molecule has 26 heavy (non-hydrogen) atoms. The van der Waals surface area contributed by atoms with Gasteiger partial charge in [0.05, 0.1) is 12.5 Å². The molecule has 0 unspecified atom stereocenters. The van der Waals surface area contributed by atoms with E-state index >= 15 is 0 Å². The predicted molar refractivity (Wildman–Crippen MR) is 107 cm³/mol. The molecule has 1 aliphatic heterocycles. The Labute approximate surface area is 160 Å². The maximum atomic E-state index is 11.0. The summed E-state index contributed by atoms with van der Waals surface area (Å²) in [6.45, 7) is 4.35. The van der Waals surface area contributed by atoms with Crippen LogP contribution in [0.4, 0.5) is 0 Å². The van der Waals surface area contributed by atoms with E-state index in [0.29, 0.717) is 0 Å². The van der Waals surface area contributed by atoms with E-state index in [9.17, 15) is 4.79 Å². The summed E-state index contributed by atoms with van der Waals surface area (Å²) in [4.78, 5) is 11.0. The SMILES string of the molecule is CCCCCCCCCCCCCC=C1CC[C@@](C)(CC(=O)O)[C@@H]2O[C@H]12. The number of hydrogen-bond acceptors (Lipinski definition) is 2. The molecule has 0 radical (unpaired) electrons. The normalized spacial score (nSPS) is 28.9. The zero-order chi connectivity index (χ0) is 18.8. The molecule has 0 amide bonds. The zero-order valence-electron chi connectivity index (χ0n) is 17.1. The lowest BCUT2D eigenvalue weighted by Gasteiger charge is -2.30. The van der Waals surface area contributed by atoms with Gasteiger partial charge >= 0.3 is 5.97 Å². The predicted octanol–water partition coefficient (Wildman–Crippen LogP) is 6.66. The number of allylic oxidation sites excluding steroid dienone is 1. The summed E-state index contributed by atoms with van der Waals surface area (Å²) in [5.74, 6) is -0.699. The van der Waals surface area contributed by atoms with Crippen LogP contribution in [0.5, 0.6) is 0 Å². The van der Waals surface area contributed by atoms with Gasteiger partial charge in [-0.1, -0.05) is 84.1 Å². The van der Waals surface area contributed by atoms with Crippen molar-refractivity contribution in [3.05, 3.63) is 11.6 Å². The van der Waals surface area contributed by atoms with Crippen LogP contribution in [0.1, 0.15) is 110 Å². The molecule has 3 nitrogen and oxygen atoms in total. The number of ether oxygens (including phenoxy) is 1. The number of unbranched alkanes of at least 4 members (excludes halogenated alkanes) is 11. The average molecular weight is 365 g/mol. The molecule has 2 rings (SSSR count). The average Bonchev–Trinajstić information content (AvgIpc) is 3.39. The Balaban J connectivity index is 1.48. The van der Waals surface area contributed by atoms with Gasteiger partial charge in [-0.2, -0.15) is 0 Å². The number of rotatable bonds is 14. The van der Waals surface area contributed by atoms with E-state index in [1.165, 1.54) is 76.2 Å². The summed E-state index contributed by atoms with van der Waals surface area (Å²) < 4.78 is 5.83. The standard InChI is InChI=1S/C23H40O3/c1-3-4-5-6-7-8-9-10-11-12-13-14-15-19-16-17-23(2,18-20(24)25)22-21(19)26-22/h15,21-22H,3-14,16-18H2,1-2H3,(H,24,25)/t21-,22-,23+/m1/s1. The summed E-state index contributed by atoms with van der Waals surface area (Å²) in [7, 11) is 0. The van der Waals surface area contributed by atoms with Crippen LogP contribution < -0.4 is 0 Å².